The Hall–Kier alpha value is -2.57. The van der Waals surface area contributed by atoms with Gasteiger partial charge in [-0.05, 0) is 19.4 Å². The molecular weight excluding hydrogens is 298 g/mol. The van der Waals surface area contributed by atoms with Crippen molar-refractivity contribution < 1.29 is 14.3 Å². The van der Waals surface area contributed by atoms with E-state index < -0.39 is 0 Å². The Balaban J connectivity index is 1.99. The van der Waals surface area contributed by atoms with E-state index in [9.17, 15) is 9.59 Å². The molecule has 2 aromatic rings. The SMILES string of the molecule is Cc1nc2cc3c(cc2c(=O)[nH]1)OCCN(C)C(=O)CCCO3. The number of nitrogens with zero attached hydrogens (tertiary/aromatic N) is 2. The van der Waals surface area contributed by atoms with Crippen LogP contribution in [-0.2, 0) is 4.79 Å². The van der Waals surface area contributed by atoms with Gasteiger partial charge in [0.25, 0.3) is 5.56 Å². The minimum atomic E-state index is -0.208. The Kier molecular flexibility index (Phi) is 4.18. The van der Waals surface area contributed by atoms with E-state index in [1.807, 2.05) is 0 Å². The van der Waals surface area contributed by atoms with Gasteiger partial charge in [0.05, 0.1) is 24.1 Å². The number of likely N-dealkylation sites (N-methyl/N-ethyl adjacent to an activating group) is 1. The number of carbonyl (C=O) groups excluding carboxylic acids is 1. The highest BCUT2D eigenvalue weighted by Gasteiger charge is 2.15. The Morgan fingerprint density at radius 3 is 2.74 bits per heavy atom. The molecule has 1 aromatic carbocycles. The molecule has 23 heavy (non-hydrogen) atoms. The number of nitrogens with one attached hydrogen (secondary N) is 1. The molecule has 0 radical (unpaired) electrons. The predicted molar refractivity (Wildman–Crippen MR) is 85.0 cm³/mol. The summed E-state index contributed by atoms with van der Waals surface area (Å²) in [6, 6.07) is 3.37. The van der Waals surface area contributed by atoms with Crippen LogP contribution in [0.3, 0.4) is 0 Å². The summed E-state index contributed by atoms with van der Waals surface area (Å²) in [7, 11) is 1.75. The summed E-state index contributed by atoms with van der Waals surface area (Å²) < 4.78 is 11.5. The zero-order valence-corrected chi connectivity index (χ0v) is 13.2. The molecule has 0 aliphatic carbocycles. The fourth-order valence-electron chi connectivity index (χ4n) is 2.50. The molecule has 1 aromatic heterocycles. The first-order chi connectivity index (χ1) is 11.0. The topological polar surface area (TPSA) is 84.5 Å². The third kappa shape index (κ3) is 3.28. The number of amides is 1. The number of hydrogen-bond acceptors (Lipinski definition) is 5. The monoisotopic (exact) mass is 317 g/mol. The maximum Gasteiger partial charge on any atom is 0.258 e. The second-order valence-electron chi connectivity index (χ2n) is 5.58. The average molecular weight is 317 g/mol. The van der Waals surface area contributed by atoms with Gasteiger partial charge in [-0.3, -0.25) is 9.59 Å². The number of rotatable bonds is 0. The highest BCUT2D eigenvalue weighted by atomic mass is 16.5. The maximum absolute atomic E-state index is 12.1. The zero-order chi connectivity index (χ0) is 16.4. The zero-order valence-electron chi connectivity index (χ0n) is 13.2. The maximum atomic E-state index is 12.1. The number of fused-ring (bicyclic) bond motifs is 2. The van der Waals surface area contributed by atoms with E-state index in [-0.39, 0.29) is 11.5 Å². The van der Waals surface area contributed by atoms with Gasteiger partial charge in [-0.25, -0.2) is 4.98 Å². The smallest absolute Gasteiger partial charge is 0.258 e. The first-order valence-corrected chi connectivity index (χ1v) is 7.59. The largest absolute Gasteiger partial charge is 0.490 e. The number of aryl methyl sites for hydroxylation is 1. The van der Waals surface area contributed by atoms with E-state index in [4.69, 9.17) is 9.47 Å². The lowest BCUT2D eigenvalue weighted by Crippen LogP contribution is -2.30. The van der Waals surface area contributed by atoms with Crippen molar-refractivity contribution in [2.24, 2.45) is 0 Å². The number of ether oxygens (including phenoxy) is 2. The number of aromatic amines is 1. The summed E-state index contributed by atoms with van der Waals surface area (Å²) in [5, 5.41) is 0.456. The van der Waals surface area contributed by atoms with Gasteiger partial charge in [0.15, 0.2) is 11.5 Å². The molecule has 0 unspecified atom stereocenters. The molecule has 7 nitrogen and oxygen atoms in total. The van der Waals surface area contributed by atoms with Crippen LogP contribution in [0.25, 0.3) is 10.9 Å². The third-order valence-electron chi connectivity index (χ3n) is 3.79. The Bertz CT molecular complexity index is 800. The number of benzene rings is 1. The van der Waals surface area contributed by atoms with Crippen LogP contribution in [0.1, 0.15) is 18.7 Å². The average Bonchev–Trinajstić information content (AvgIpc) is 2.53. The van der Waals surface area contributed by atoms with Gasteiger partial charge in [0, 0.05) is 19.5 Å². The molecule has 0 bridgehead atoms. The third-order valence-corrected chi connectivity index (χ3v) is 3.79. The van der Waals surface area contributed by atoms with E-state index in [1.165, 1.54) is 0 Å². The van der Waals surface area contributed by atoms with Crippen molar-refractivity contribution in [1.29, 1.82) is 0 Å². The molecule has 7 heteroatoms. The van der Waals surface area contributed by atoms with Crippen LogP contribution < -0.4 is 15.0 Å². The quantitative estimate of drug-likeness (QED) is 0.790. The standard InChI is InChI=1S/C16H19N3O4/c1-10-17-12-9-14-13(8-11(12)16(21)18-10)23-7-5-19(2)15(20)4-3-6-22-14/h8-9H,3-7H2,1-2H3,(H,17,18,21). The normalized spacial score (nSPS) is 16.3. The van der Waals surface area contributed by atoms with Crippen molar-refractivity contribution in [2.45, 2.75) is 19.8 Å². The first-order valence-electron chi connectivity index (χ1n) is 7.59. The molecule has 1 N–H and O–H groups in total. The van der Waals surface area contributed by atoms with Gasteiger partial charge in [0.1, 0.15) is 12.4 Å². The molecule has 3 rings (SSSR count). The highest BCUT2D eigenvalue weighted by molar-refractivity contribution is 5.81. The number of aromatic nitrogens is 2. The van der Waals surface area contributed by atoms with Gasteiger partial charge in [-0.2, -0.15) is 0 Å². The molecule has 0 fully saturated rings. The van der Waals surface area contributed by atoms with E-state index >= 15 is 0 Å². The van der Waals surface area contributed by atoms with Crippen LogP contribution in [0.4, 0.5) is 0 Å². The van der Waals surface area contributed by atoms with Gasteiger partial charge < -0.3 is 19.4 Å². The van der Waals surface area contributed by atoms with E-state index in [2.05, 4.69) is 9.97 Å². The van der Waals surface area contributed by atoms with Crippen molar-refractivity contribution in [3.8, 4) is 11.5 Å². The lowest BCUT2D eigenvalue weighted by Gasteiger charge is -2.16. The van der Waals surface area contributed by atoms with Crippen molar-refractivity contribution in [3.05, 3.63) is 28.3 Å². The number of carbonyl (C=O) groups is 1. The number of hydrogen-bond donors (Lipinski definition) is 1. The van der Waals surface area contributed by atoms with E-state index in [0.29, 0.717) is 60.8 Å². The molecule has 1 amide bonds. The van der Waals surface area contributed by atoms with Crippen LogP contribution in [0, 0.1) is 6.92 Å². The molecule has 122 valence electrons. The summed E-state index contributed by atoms with van der Waals surface area (Å²) in [4.78, 5) is 32.6. The van der Waals surface area contributed by atoms with Crippen molar-refractivity contribution in [2.75, 3.05) is 26.8 Å². The Labute approximate surface area is 133 Å². The predicted octanol–water partition coefficient (Wildman–Crippen LogP) is 1.24. The van der Waals surface area contributed by atoms with Crippen LogP contribution in [0.15, 0.2) is 16.9 Å². The number of H-pyrrole nitrogens is 1. The molecular formula is C16H19N3O4. The van der Waals surface area contributed by atoms with Gasteiger partial charge in [0.2, 0.25) is 5.91 Å². The molecule has 0 atom stereocenters. The van der Waals surface area contributed by atoms with Crippen LogP contribution in [0.5, 0.6) is 11.5 Å². The molecule has 0 saturated heterocycles. The minimum absolute atomic E-state index is 0.0713. The van der Waals surface area contributed by atoms with Crippen LogP contribution in [0.2, 0.25) is 0 Å². The fourth-order valence-corrected chi connectivity index (χ4v) is 2.50. The fraction of sp³-hybridized carbons (Fsp3) is 0.438. The minimum Gasteiger partial charge on any atom is -0.490 e. The molecule has 0 spiro atoms. The highest BCUT2D eigenvalue weighted by Crippen LogP contribution is 2.31. The van der Waals surface area contributed by atoms with Gasteiger partial charge in [-0.1, -0.05) is 0 Å². The summed E-state index contributed by atoms with van der Waals surface area (Å²) >= 11 is 0. The van der Waals surface area contributed by atoms with Crippen LogP contribution >= 0.6 is 0 Å². The lowest BCUT2D eigenvalue weighted by atomic mass is 10.2. The summed E-state index contributed by atoms with van der Waals surface area (Å²) in [5.74, 6) is 1.66. The lowest BCUT2D eigenvalue weighted by molar-refractivity contribution is -0.130. The van der Waals surface area contributed by atoms with Crippen molar-refractivity contribution in [1.82, 2.24) is 14.9 Å². The van der Waals surface area contributed by atoms with E-state index in [1.54, 1.807) is 31.0 Å². The first kappa shape index (κ1) is 15.3. The Morgan fingerprint density at radius 1 is 1.17 bits per heavy atom. The summed E-state index contributed by atoms with van der Waals surface area (Å²) in [6.07, 6.45) is 1.07. The summed E-state index contributed by atoms with van der Waals surface area (Å²) in [5.41, 5.74) is 0.358. The second kappa shape index (κ2) is 6.28. The van der Waals surface area contributed by atoms with Gasteiger partial charge in [-0.15, -0.1) is 0 Å². The van der Waals surface area contributed by atoms with Crippen LogP contribution in [-0.4, -0.2) is 47.6 Å². The van der Waals surface area contributed by atoms with Crippen molar-refractivity contribution in [3.63, 3.8) is 0 Å². The molecule has 1 aliphatic heterocycles. The Morgan fingerprint density at radius 2 is 1.91 bits per heavy atom. The van der Waals surface area contributed by atoms with E-state index in [0.717, 1.165) is 0 Å². The second-order valence-corrected chi connectivity index (χ2v) is 5.58. The van der Waals surface area contributed by atoms with Gasteiger partial charge >= 0.3 is 0 Å². The summed E-state index contributed by atoms with van der Waals surface area (Å²) in [6.45, 7) is 2.96. The molecule has 2 heterocycles. The molecule has 0 saturated carbocycles. The van der Waals surface area contributed by atoms with Crippen molar-refractivity contribution >= 4 is 16.8 Å². The molecule has 1 aliphatic rings.